The molecule has 2 heteroatoms. The summed E-state index contributed by atoms with van der Waals surface area (Å²) < 4.78 is 0. The summed E-state index contributed by atoms with van der Waals surface area (Å²) in [5, 5.41) is 3.70. The van der Waals surface area contributed by atoms with Crippen molar-refractivity contribution in [2.75, 3.05) is 20.1 Å². The fraction of sp³-hybridized carbons (Fsp3) is 1.00. The lowest BCUT2D eigenvalue weighted by molar-refractivity contribution is 0.123. The zero-order chi connectivity index (χ0) is 13.7. The molecule has 1 fully saturated rings. The second kappa shape index (κ2) is 7.49. The maximum absolute atomic E-state index is 3.70. The first-order valence-corrected chi connectivity index (χ1v) is 7.89. The molecule has 18 heavy (non-hydrogen) atoms. The van der Waals surface area contributed by atoms with E-state index in [0.29, 0.717) is 6.04 Å². The lowest BCUT2D eigenvalue weighted by Gasteiger charge is -2.39. The van der Waals surface area contributed by atoms with Crippen molar-refractivity contribution < 1.29 is 0 Å². The minimum Gasteiger partial charge on any atom is -0.314 e. The highest BCUT2D eigenvalue weighted by atomic mass is 15.1. The second-order valence-corrected chi connectivity index (χ2v) is 6.77. The van der Waals surface area contributed by atoms with Crippen LogP contribution in [0.2, 0.25) is 0 Å². The van der Waals surface area contributed by atoms with Crippen LogP contribution in [-0.2, 0) is 0 Å². The first-order chi connectivity index (χ1) is 8.45. The molecule has 0 aliphatic heterocycles. The van der Waals surface area contributed by atoms with Gasteiger partial charge < -0.3 is 10.2 Å². The molecule has 4 atom stereocenters. The van der Waals surface area contributed by atoms with Crippen LogP contribution in [0.4, 0.5) is 0 Å². The quantitative estimate of drug-likeness (QED) is 0.782. The second-order valence-electron chi connectivity index (χ2n) is 6.77. The Kier molecular flexibility index (Phi) is 6.65. The number of hydrogen-bond donors (Lipinski definition) is 1. The molecule has 0 spiro atoms. The van der Waals surface area contributed by atoms with E-state index in [1.54, 1.807) is 0 Å². The van der Waals surface area contributed by atoms with E-state index in [4.69, 9.17) is 0 Å². The Morgan fingerprint density at radius 2 is 1.89 bits per heavy atom. The molecule has 1 N–H and O–H groups in total. The Morgan fingerprint density at radius 3 is 2.44 bits per heavy atom. The zero-order valence-electron chi connectivity index (χ0n) is 13.4. The van der Waals surface area contributed by atoms with Crippen LogP contribution in [0.15, 0.2) is 0 Å². The van der Waals surface area contributed by atoms with Gasteiger partial charge in [-0.2, -0.15) is 0 Å². The summed E-state index contributed by atoms with van der Waals surface area (Å²) in [7, 11) is 2.30. The molecule has 1 saturated carbocycles. The molecular formula is C16H34N2. The van der Waals surface area contributed by atoms with Crippen molar-refractivity contribution in [3.05, 3.63) is 0 Å². The van der Waals surface area contributed by atoms with Crippen LogP contribution in [0.3, 0.4) is 0 Å². The van der Waals surface area contributed by atoms with Gasteiger partial charge in [-0.3, -0.25) is 0 Å². The molecule has 2 nitrogen and oxygen atoms in total. The van der Waals surface area contributed by atoms with Crippen molar-refractivity contribution in [3.8, 4) is 0 Å². The van der Waals surface area contributed by atoms with Crippen molar-refractivity contribution in [3.63, 3.8) is 0 Å². The van der Waals surface area contributed by atoms with Gasteiger partial charge in [-0.05, 0) is 57.5 Å². The topological polar surface area (TPSA) is 15.3 Å². The molecule has 0 aromatic heterocycles. The molecule has 0 bridgehead atoms. The average Bonchev–Trinajstić information content (AvgIpc) is 2.31. The van der Waals surface area contributed by atoms with Gasteiger partial charge in [0.15, 0.2) is 0 Å². The Hall–Kier alpha value is -0.0800. The Labute approximate surface area is 115 Å². The van der Waals surface area contributed by atoms with Crippen molar-refractivity contribution in [1.82, 2.24) is 10.2 Å². The predicted molar refractivity (Wildman–Crippen MR) is 80.9 cm³/mol. The van der Waals surface area contributed by atoms with Gasteiger partial charge in [0, 0.05) is 18.6 Å². The van der Waals surface area contributed by atoms with E-state index in [0.717, 1.165) is 30.3 Å². The number of hydrogen-bond acceptors (Lipinski definition) is 2. The van der Waals surface area contributed by atoms with Gasteiger partial charge in [-0.1, -0.05) is 27.7 Å². The number of nitrogens with one attached hydrogen (secondary N) is 1. The summed E-state index contributed by atoms with van der Waals surface area (Å²) in [5.74, 6) is 2.49. The number of nitrogens with zero attached hydrogens (tertiary/aromatic N) is 1. The highest BCUT2D eigenvalue weighted by Gasteiger charge is 2.29. The van der Waals surface area contributed by atoms with Crippen LogP contribution in [0.1, 0.15) is 53.9 Å². The van der Waals surface area contributed by atoms with Crippen LogP contribution >= 0.6 is 0 Å². The van der Waals surface area contributed by atoms with Crippen molar-refractivity contribution in [2.24, 2.45) is 17.8 Å². The van der Waals surface area contributed by atoms with Gasteiger partial charge in [0.25, 0.3) is 0 Å². The molecule has 0 aromatic carbocycles. The van der Waals surface area contributed by atoms with Crippen molar-refractivity contribution in [1.29, 1.82) is 0 Å². The molecule has 4 unspecified atom stereocenters. The zero-order valence-corrected chi connectivity index (χ0v) is 13.4. The lowest BCUT2D eigenvalue weighted by atomic mass is 9.78. The van der Waals surface area contributed by atoms with Gasteiger partial charge in [0.2, 0.25) is 0 Å². The van der Waals surface area contributed by atoms with Gasteiger partial charge in [0.05, 0.1) is 0 Å². The van der Waals surface area contributed by atoms with Gasteiger partial charge in [0.1, 0.15) is 0 Å². The van der Waals surface area contributed by atoms with Gasteiger partial charge in [-0.25, -0.2) is 0 Å². The van der Waals surface area contributed by atoms with E-state index in [1.807, 2.05) is 0 Å². The summed E-state index contributed by atoms with van der Waals surface area (Å²) in [6.07, 6.45) is 4.16. The SMILES string of the molecule is CCNC1CCC(C)CC1CN(C)C(C)C(C)C. The fourth-order valence-corrected chi connectivity index (χ4v) is 3.28. The van der Waals surface area contributed by atoms with Gasteiger partial charge >= 0.3 is 0 Å². The third-order valence-electron chi connectivity index (χ3n) is 4.89. The van der Waals surface area contributed by atoms with E-state index in [-0.39, 0.29) is 0 Å². The van der Waals surface area contributed by atoms with E-state index in [1.165, 1.54) is 25.8 Å². The molecule has 0 saturated heterocycles. The highest BCUT2D eigenvalue weighted by molar-refractivity contribution is 4.86. The summed E-state index contributed by atoms with van der Waals surface area (Å²) in [6.45, 7) is 14.0. The van der Waals surface area contributed by atoms with Crippen LogP contribution in [0.5, 0.6) is 0 Å². The molecule has 1 rings (SSSR count). The van der Waals surface area contributed by atoms with E-state index < -0.39 is 0 Å². The first kappa shape index (κ1) is 16.0. The molecule has 0 amide bonds. The molecule has 0 aromatic rings. The fourth-order valence-electron chi connectivity index (χ4n) is 3.28. The van der Waals surface area contributed by atoms with Crippen LogP contribution in [0.25, 0.3) is 0 Å². The van der Waals surface area contributed by atoms with Crippen LogP contribution in [0, 0.1) is 17.8 Å². The molecular weight excluding hydrogens is 220 g/mol. The Balaban J connectivity index is 2.54. The molecule has 0 radical (unpaired) electrons. The smallest absolute Gasteiger partial charge is 0.0108 e. The summed E-state index contributed by atoms with van der Waals surface area (Å²) in [5.41, 5.74) is 0. The maximum Gasteiger partial charge on any atom is 0.0108 e. The van der Waals surface area contributed by atoms with Crippen molar-refractivity contribution in [2.45, 2.75) is 66.0 Å². The molecule has 108 valence electrons. The Bertz CT molecular complexity index is 227. The van der Waals surface area contributed by atoms with E-state index in [9.17, 15) is 0 Å². The van der Waals surface area contributed by atoms with Crippen LogP contribution < -0.4 is 5.32 Å². The molecule has 1 aliphatic carbocycles. The van der Waals surface area contributed by atoms with E-state index in [2.05, 4.69) is 51.9 Å². The largest absolute Gasteiger partial charge is 0.314 e. The first-order valence-electron chi connectivity index (χ1n) is 7.89. The highest BCUT2D eigenvalue weighted by Crippen LogP contribution is 2.30. The standard InChI is InChI=1S/C16H34N2/c1-7-17-16-9-8-13(4)10-15(16)11-18(6)14(5)12(2)3/h12-17H,7-11H2,1-6H3. The number of rotatable bonds is 6. The summed E-state index contributed by atoms with van der Waals surface area (Å²) in [4.78, 5) is 2.57. The molecule has 1 aliphatic rings. The lowest BCUT2D eigenvalue weighted by Crippen LogP contribution is -2.47. The molecule has 0 heterocycles. The normalized spacial score (nSPS) is 31.0. The summed E-state index contributed by atoms with van der Waals surface area (Å²) in [6, 6.07) is 1.43. The third kappa shape index (κ3) is 4.55. The Morgan fingerprint density at radius 1 is 1.22 bits per heavy atom. The predicted octanol–water partition coefficient (Wildman–Crippen LogP) is 3.38. The third-order valence-corrected chi connectivity index (χ3v) is 4.89. The maximum atomic E-state index is 3.70. The minimum absolute atomic E-state index is 0.685. The van der Waals surface area contributed by atoms with E-state index >= 15 is 0 Å². The summed E-state index contributed by atoms with van der Waals surface area (Å²) >= 11 is 0. The average molecular weight is 254 g/mol. The minimum atomic E-state index is 0.685. The monoisotopic (exact) mass is 254 g/mol. The van der Waals surface area contributed by atoms with Crippen LogP contribution in [-0.4, -0.2) is 37.1 Å². The van der Waals surface area contributed by atoms with Gasteiger partial charge in [-0.15, -0.1) is 0 Å². The van der Waals surface area contributed by atoms with Crippen molar-refractivity contribution >= 4 is 0 Å².